The molecule has 19 heavy (non-hydrogen) atoms. The highest BCUT2D eigenvalue weighted by atomic mass is 16.5. The van der Waals surface area contributed by atoms with Crippen molar-refractivity contribution in [1.82, 2.24) is 0 Å². The molecule has 0 radical (unpaired) electrons. The van der Waals surface area contributed by atoms with Crippen LogP contribution in [0.2, 0.25) is 0 Å². The second kappa shape index (κ2) is 9.28. The zero-order chi connectivity index (χ0) is 13.9. The Morgan fingerprint density at radius 2 is 2.00 bits per heavy atom. The Labute approximate surface area is 113 Å². The standard InChI is InChI=1S/C15H20O4/c1-18-15(17)14(11-16)9-5-6-10-19-12-13-7-3-2-4-8-13/h2-4,7-8,11,14H,5-6,9-10,12H2,1H3. The second-order valence-corrected chi connectivity index (χ2v) is 4.30. The minimum Gasteiger partial charge on any atom is -0.468 e. The number of aldehydes is 1. The second-order valence-electron chi connectivity index (χ2n) is 4.30. The van der Waals surface area contributed by atoms with Gasteiger partial charge in [0.15, 0.2) is 0 Å². The number of hydrogen-bond donors (Lipinski definition) is 0. The highest BCUT2D eigenvalue weighted by Crippen LogP contribution is 2.09. The fraction of sp³-hybridized carbons (Fsp3) is 0.467. The summed E-state index contributed by atoms with van der Waals surface area (Å²) in [6, 6.07) is 9.95. The molecule has 0 aromatic heterocycles. The molecule has 1 unspecified atom stereocenters. The molecule has 0 bridgehead atoms. The van der Waals surface area contributed by atoms with Crippen LogP contribution in [0, 0.1) is 5.92 Å². The first-order valence-corrected chi connectivity index (χ1v) is 6.42. The molecule has 1 aromatic carbocycles. The Kier molecular flexibility index (Phi) is 7.51. The third kappa shape index (κ3) is 6.15. The SMILES string of the molecule is COC(=O)C(C=O)CCCCOCc1ccccc1. The van der Waals surface area contributed by atoms with Crippen LogP contribution in [0.3, 0.4) is 0 Å². The predicted octanol–water partition coefficient (Wildman–Crippen LogP) is 2.36. The molecule has 0 aliphatic heterocycles. The number of carbonyl (C=O) groups excluding carboxylic acids is 2. The zero-order valence-electron chi connectivity index (χ0n) is 11.2. The van der Waals surface area contributed by atoms with E-state index in [9.17, 15) is 9.59 Å². The summed E-state index contributed by atoms with van der Waals surface area (Å²) < 4.78 is 10.1. The molecule has 0 aliphatic carbocycles. The van der Waals surface area contributed by atoms with Gasteiger partial charge in [-0.25, -0.2) is 0 Å². The van der Waals surface area contributed by atoms with Crippen LogP contribution in [0.1, 0.15) is 24.8 Å². The van der Waals surface area contributed by atoms with E-state index in [0.717, 1.165) is 18.4 Å². The fourth-order valence-electron chi connectivity index (χ4n) is 1.73. The third-order valence-electron chi connectivity index (χ3n) is 2.83. The number of rotatable bonds is 9. The van der Waals surface area contributed by atoms with Crippen LogP contribution in [-0.4, -0.2) is 26.0 Å². The summed E-state index contributed by atoms with van der Waals surface area (Å²) in [5, 5.41) is 0. The molecule has 1 aromatic rings. The molecule has 0 spiro atoms. The van der Waals surface area contributed by atoms with Crippen molar-refractivity contribution in [3.05, 3.63) is 35.9 Å². The van der Waals surface area contributed by atoms with E-state index < -0.39 is 11.9 Å². The first kappa shape index (κ1) is 15.4. The summed E-state index contributed by atoms with van der Waals surface area (Å²) in [6.07, 6.45) is 2.77. The Balaban J connectivity index is 2.08. The van der Waals surface area contributed by atoms with Crippen LogP contribution in [0.15, 0.2) is 30.3 Å². The van der Waals surface area contributed by atoms with Crippen LogP contribution in [0.5, 0.6) is 0 Å². The van der Waals surface area contributed by atoms with Crippen molar-refractivity contribution < 1.29 is 19.1 Å². The van der Waals surface area contributed by atoms with Crippen LogP contribution < -0.4 is 0 Å². The average molecular weight is 264 g/mol. The summed E-state index contributed by atoms with van der Waals surface area (Å²) in [5.74, 6) is -1.10. The molecule has 0 N–H and O–H groups in total. The lowest BCUT2D eigenvalue weighted by atomic mass is 10.0. The molecule has 1 atom stereocenters. The van der Waals surface area contributed by atoms with Gasteiger partial charge in [0.2, 0.25) is 0 Å². The van der Waals surface area contributed by atoms with E-state index in [0.29, 0.717) is 25.9 Å². The van der Waals surface area contributed by atoms with E-state index in [-0.39, 0.29) is 0 Å². The van der Waals surface area contributed by atoms with Gasteiger partial charge in [0.25, 0.3) is 0 Å². The van der Waals surface area contributed by atoms with Crippen molar-refractivity contribution >= 4 is 12.3 Å². The van der Waals surface area contributed by atoms with E-state index in [1.165, 1.54) is 7.11 Å². The van der Waals surface area contributed by atoms with Crippen molar-refractivity contribution in [3.63, 3.8) is 0 Å². The molecule has 4 heteroatoms. The lowest BCUT2D eigenvalue weighted by Gasteiger charge is -2.08. The molecule has 4 nitrogen and oxygen atoms in total. The highest BCUT2D eigenvalue weighted by molar-refractivity contribution is 5.87. The van der Waals surface area contributed by atoms with E-state index in [1.54, 1.807) is 0 Å². The monoisotopic (exact) mass is 264 g/mol. The van der Waals surface area contributed by atoms with Gasteiger partial charge in [0.05, 0.1) is 13.7 Å². The predicted molar refractivity (Wildman–Crippen MR) is 71.5 cm³/mol. The van der Waals surface area contributed by atoms with Gasteiger partial charge in [-0.05, 0) is 24.8 Å². The molecular weight excluding hydrogens is 244 g/mol. The van der Waals surface area contributed by atoms with Gasteiger partial charge in [-0.3, -0.25) is 4.79 Å². The van der Waals surface area contributed by atoms with Crippen molar-refractivity contribution in [3.8, 4) is 0 Å². The van der Waals surface area contributed by atoms with E-state index in [4.69, 9.17) is 4.74 Å². The fourth-order valence-corrected chi connectivity index (χ4v) is 1.73. The summed E-state index contributed by atoms with van der Waals surface area (Å²) in [5.41, 5.74) is 1.14. The maximum absolute atomic E-state index is 11.2. The molecular formula is C15H20O4. The van der Waals surface area contributed by atoms with Crippen molar-refractivity contribution in [2.45, 2.75) is 25.9 Å². The zero-order valence-corrected chi connectivity index (χ0v) is 11.2. The van der Waals surface area contributed by atoms with Gasteiger partial charge in [-0.2, -0.15) is 0 Å². The summed E-state index contributed by atoms with van der Waals surface area (Å²) >= 11 is 0. The normalized spacial score (nSPS) is 11.8. The quantitative estimate of drug-likeness (QED) is 0.297. The van der Waals surface area contributed by atoms with Gasteiger partial charge in [0.1, 0.15) is 12.2 Å². The maximum atomic E-state index is 11.2. The van der Waals surface area contributed by atoms with Crippen LogP contribution in [0.25, 0.3) is 0 Å². The number of unbranched alkanes of at least 4 members (excludes halogenated alkanes) is 1. The van der Waals surface area contributed by atoms with Gasteiger partial charge in [0, 0.05) is 6.61 Å². The minimum absolute atomic E-state index is 0.458. The first-order chi connectivity index (χ1) is 9.27. The van der Waals surface area contributed by atoms with Crippen LogP contribution >= 0.6 is 0 Å². The molecule has 1 rings (SSSR count). The Morgan fingerprint density at radius 3 is 2.63 bits per heavy atom. The lowest BCUT2D eigenvalue weighted by molar-refractivity contribution is -0.147. The van der Waals surface area contributed by atoms with Gasteiger partial charge in [-0.1, -0.05) is 30.3 Å². The van der Waals surface area contributed by atoms with Crippen molar-refractivity contribution in [1.29, 1.82) is 0 Å². The van der Waals surface area contributed by atoms with Gasteiger partial charge < -0.3 is 14.3 Å². The lowest BCUT2D eigenvalue weighted by Crippen LogP contribution is -2.17. The number of ether oxygens (including phenoxy) is 2. The van der Waals surface area contributed by atoms with Crippen LogP contribution in [0.4, 0.5) is 0 Å². The Bertz CT molecular complexity index is 375. The van der Waals surface area contributed by atoms with E-state index >= 15 is 0 Å². The summed E-state index contributed by atoms with van der Waals surface area (Å²) in [7, 11) is 1.29. The molecule has 0 amide bonds. The van der Waals surface area contributed by atoms with Crippen LogP contribution in [-0.2, 0) is 25.7 Å². The molecule has 0 aliphatic rings. The molecule has 0 saturated heterocycles. The Morgan fingerprint density at radius 1 is 1.26 bits per heavy atom. The van der Waals surface area contributed by atoms with Gasteiger partial charge >= 0.3 is 5.97 Å². The smallest absolute Gasteiger partial charge is 0.315 e. The topological polar surface area (TPSA) is 52.6 Å². The minimum atomic E-state index is -0.640. The number of carbonyl (C=O) groups is 2. The largest absolute Gasteiger partial charge is 0.468 e. The summed E-state index contributed by atoms with van der Waals surface area (Å²) in [6.45, 7) is 1.22. The van der Waals surface area contributed by atoms with Gasteiger partial charge in [-0.15, -0.1) is 0 Å². The number of hydrogen-bond acceptors (Lipinski definition) is 4. The number of benzene rings is 1. The highest BCUT2D eigenvalue weighted by Gasteiger charge is 2.17. The Hall–Kier alpha value is -1.68. The van der Waals surface area contributed by atoms with E-state index in [2.05, 4.69) is 4.74 Å². The number of methoxy groups -OCH3 is 1. The van der Waals surface area contributed by atoms with Crippen molar-refractivity contribution in [2.75, 3.05) is 13.7 Å². The van der Waals surface area contributed by atoms with Crippen molar-refractivity contribution in [2.24, 2.45) is 5.92 Å². The summed E-state index contributed by atoms with van der Waals surface area (Å²) in [4.78, 5) is 21.8. The maximum Gasteiger partial charge on any atom is 0.315 e. The molecule has 0 heterocycles. The molecule has 0 saturated carbocycles. The number of esters is 1. The van der Waals surface area contributed by atoms with E-state index in [1.807, 2.05) is 30.3 Å². The first-order valence-electron chi connectivity index (χ1n) is 6.42. The molecule has 0 fully saturated rings. The average Bonchev–Trinajstić information content (AvgIpc) is 2.47. The molecule has 104 valence electrons. The third-order valence-corrected chi connectivity index (χ3v) is 2.83.